The SMILES string of the molecule is CNCC1CCN(Cc2ccc(OC)c([N+](=O)[O-])c2)C1.Cl. The summed E-state index contributed by atoms with van der Waals surface area (Å²) in [6.45, 7) is 3.87. The van der Waals surface area contributed by atoms with E-state index in [9.17, 15) is 10.1 Å². The maximum absolute atomic E-state index is 11.0. The van der Waals surface area contributed by atoms with E-state index in [1.165, 1.54) is 13.5 Å². The van der Waals surface area contributed by atoms with Crippen LogP contribution in [0.3, 0.4) is 0 Å². The molecule has 1 aliphatic heterocycles. The molecule has 0 aliphatic carbocycles. The van der Waals surface area contributed by atoms with E-state index in [0.29, 0.717) is 11.7 Å². The highest BCUT2D eigenvalue weighted by molar-refractivity contribution is 5.85. The molecule has 0 spiro atoms. The molecule has 1 saturated heterocycles. The Morgan fingerprint density at radius 2 is 2.29 bits per heavy atom. The number of hydrogen-bond donors (Lipinski definition) is 1. The van der Waals surface area contributed by atoms with E-state index in [0.717, 1.165) is 31.7 Å². The van der Waals surface area contributed by atoms with Crippen LogP contribution in [-0.4, -0.2) is 43.6 Å². The zero-order valence-electron chi connectivity index (χ0n) is 12.4. The molecule has 6 nitrogen and oxygen atoms in total. The van der Waals surface area contributed by atoms with Crippen LogP contribution in [0.1, 0.15) is 12.0 Å². The van der Waals surface area contributed by atoms with Crippen molar-refractivity contribution in [2.24, 2.45) is 5.92 Å². The Balaban J connectivity index is 0.00000220. The van der Waals surface area contributed by atoms with Crippen molar-refractivity contribution in [2.45, 2.75) is 13.0 Å². The van der Waals surface area contributed by atoms with E-state index in [1.807, 2.05) is 13.1 Å². The number of nitrogens with zero attached hydrogens (tertiary/aromatic N) is 2. The van der Waals surface area contributed by atoms with Crippen molar-refractivity contribution in [1.29, 1.82) is 0 Å². The summed E-state index contributed by atoms with van der Waals surface area (Å²) in [7, 11) is 3.42. The van der Waals surface area contributed by atoms with Gasteiger partial charge in [0.25, 0.3) is 0 Å². The van der Waals surface area contributed by atoms with E-state index in [-0.39, 0.29) is 18.1 Å². The number of methoxy groups -OCH3 is 1. The zero-order valence-corrected chi connectivity index (χ0v) is 13.2. The minimum absolute atomic E-state index is 0. The van der Waals surface area contributed by atoms with Crippen molar-refractivity contribution in [3.05, 3.63) is 33.9 Å². The molecular weight excluding hydrogens is 294 g/mol. The van der Waals surface area contributed by atoms with Gasteiger partial charge < -0.3 is 10.1 Å². The van der Waals surface area contributed by atoms with Gasteiger partial charge in [0.05, 0.1) is 12.0 Å². The highest BCUT2D eigenvalue weighted by Gasteiger charge is 2.23. The first-order chi connectivity index (χ1) is 9.63. The van der Waals surface area contributed by atoms with Gasteiger partial charge in [0.15, 0.2) is 5.75 Å². The monoisotopic (exact) mass is 315 g/mol. The Labute approximate surface area is 131 Å². The van der Waals surface area contributed by atoms with E-state index < -0.39 is 4.92 Å². The van der Waals surface area contributed by atoms with E-state index >= 15 is 0 Å². The standard InChI is InChI=1S/C14H21N3O3.ClH/c1-15-8-12-5-6-16(10-12)9-11-3-4-14(20-2)13(7-11)17(18)19;/h3-4,7,12,15H,5-6,8-10H2,1-2H3;1H. The summed E-state index contributed by atoms with van der Waals surface area (Å²) >= 11 is 0. The zero-order chi connectivity index (χ0) is 14.5. The Bertz CT molecular complexity index is 485. The molecule has 1 unspecified atom stereocenters. The van der Waals surface area contributed by atoms with Crippen LogP contribution < -0.4 is 10.1 Å². The van der Waals surface area contributed by atoms with Crippen LogP contribution in [0.4, 0.5) is 5.69 Å². The number of nitro groups is 1. The summed E-state index contributed by atoms with van der Waals surface area (Å²) in [6.07, 6.45) is 1.18. The van der Waals surface area contributed by atoms with Crippen molar-refractivity contribution in [1.82, 2.24) is 10.2 Å². The molecule has 1 atom stereocenters. The number of rotatable bonds is 6. The molecule has 2 rings (SSSR count). The summed E-state index contributed by atoms with van der Waals surface area (Å²) in [4.78, 5) is 13.0. The second-order valence-electron chi connectivity index (χ2n) is 5.21. The second-order valence-corrected chi connectivity index (χ2v) is 5.21. The predicted molar refractivity (Wildman–Crippen MR) is 84.2 cm³/mol. The minimum atomic E-state index is -0.393. The summed E-state index contributed by atoms with van der Waals surface area (Å²) in [6, 6.07) is 5.19. The topological polar surface area (TPSA) is 67.6 Å². The number of ether oxygens (including phenoxy) is 1. The first-order valence-corrected chi connectivity index (χ1v) is 6.82. The van der Waals surface area contributed by atoms with Gasteiger partial charge in [-0.1, -0.05) is 6.07 Å². The van der Waals surface area contributed by atoms with Crippen LogP contribution in [0.5, 0.6) is 5.75 Å². The lowest BCUT2D eigenvalue weighted by atomic mass is 10.1. The maximum atomic E-state index is 11.0. The molecule has 0 saturated carbocycles. The molecule has 21 heavy (non-hydrogen) atoms. The molecule has 1 N–H and O–H groups in total. The quantitative estimate of drug-likeness (QED) is 0.643. The number of hydrogen-bond acceptors (Lipinski definition) is 5. The van der Waals surface area contributed by atoms with Gasteiger partial charge >= 0.3 is 5.69 Å². The van der Waals surface area contributed by atoms with Crippen molar-refractivity contribution >= 4 is 18.1 Å². The third-order valence-electron chi connectivity index (χ3n) is 3.71. The number of benzene rings is 1. The average Bonchev–Trinajstić information content (AvgIpc) is 2.86. The lowest BCUT2D eigenvalue weighted by Crippen LogP contribution is -2.24. The lowest BCUT2D eigenvalue weighted by molar-refractivity contribution is -0.385. The molecule has 0 amide bonds. The third-order valence-corrected chi connectivity index (χ3v) is 3.71. The van der Waals surface area contributed by atoms with Gasteiger partial charge in [0.1, 0.15) is 0 Å². The summed E-state index contributed by atoms with van der Waals surface area (Å²) in [5.74, 6) is 0.987. The lowest BCUT2D eigenvalue weighted by Gasteiger charge is -2.16. The Morgan fingerprint density at radius 1 is 1.52 bits per heavy atom. The molecule has 7 heteroatoms. The fraction of sp³-hybridized carbons (Fsp3) is 0.571. The first-order valence-electron chi connectivity index (χ1n) is 6.82. The van der Waals surface area contributed by atoms with Gasteiger partial charge in [0.2, 0.25) is 0 Å². The first kappa shape index (κ1) is 17.7. The molecule has 1 aliphatic rings. The van der Waals surface area contributed by atoms with Gasteiger partial charge in [-0.2, -0.15) is 0 Å². The normalized spacial score (nSPS) is 18.3. The smallest absolute Gasteiger partial charge is 0.311 e. The number of likely N-dealkylation sites (tertiary alicyclic amines) is 1. The molecule has 1 aromatic carbocycles. The van der Waals surface area contributed by atoms with Gasteiger partial charge in [-0.25, -0.2) is 0 Å². The third kappa shape index (κ3) is 4.56. The molecule has 1 heterocycles. The van der Waals surface area contributed by atoms with Gasteiger partial charge in [-0.05, 0) is 44.1 Å². The molecule has 1 aromatic rings. The van der Waals surface area contributed by atoms with Crippen molar-refractivity contribution in [3.8, 4) is 5.75 Å². The van der Waals surface area contributed by atoms with E-state index in [2.05, 4.69) is 10.2 Å². The van der Waals surface area contributed by atoms with Gasteiger partial charge in [-0.15, -0.1) is 12.4 Å². The largest absolute Gasteiger partial charge is 0.490 e. The molecule has 0 radical (unpaired) electrons. The van der Waals surface area contributed by atoms with Gasteiger partial charge in [-0.3, -0.25) is 15.0 Å². The Kier molecular flexibility index (Phi) is 6.87. The van der Waals surface area contributed by atoms with Crippen LogP contribution in [0, 0.1) is 16.0 Å². The maximum Gasteiger partial charge on any atom is 0.311 e. The number of halogens is 1. The molecule has 0 bridgehead atoms. The fourth-order valence-electron chi connectivity index (χ4n) is 2.75. The Hall–Kier alpha value is -1.37. The highest BCUT2D eigenvalue weighted by atomic mass is 35.5. The Morgan fingerprint density at radius 3 is 2.90 bits per heavy atom. The molecule has 1 fully saturated rings. The summed E-state index contributed by atoms with van der Waals surface area (Å²) in [5, 5.41) is 14.2. The van der Waals surface area contributed by atoms with Gasteiger partial charge in [0, 0.05) is 19.2 Å². The van der Waals surface area contributed by atoms with Crippen LogP contribution >= 0.6 is 12.4 Å². The van der Waals surface area contributed by atoms with Crippen molar-refractivity contribution < 1.29 is 9.66 Å². The van der Waals surface area contributed by atoms with Crippen LogP contribution in [-0.2, 0) is 6.54 Å². The average molecular weight is 316 g/mol. The minimum Gasteiger partial charge on any atom is -0.490 e. The van der Waals surface area contributed by atoms with E-state index in [4.69, 9.17) is 4.74 Å². The number of nitrogens with one attached hydrogen (secondary N) is 1. The summed E-state index contributed by atoms with van der Waals surface area (Å²) in [5.41, 5.74) is 0.999. The summed E-state index contributed by atoms with van der Waals surface area (Å²) < 4.78 is 5.02. The predicted octanol–water partition coefficient (Wildman–Crippen LogP) is 2.07. The van der Waals surface area contributed by atoms with Crippen LogP contribution in [0.15, 0.2) is 18.2 Å². The molecule has 0 aromatic heterocycles. The number of nitro benzene ring substituents is 1. The van der Waals surface area contributed by atoms with E-state index in [1.54, 1.807) is 12.1 Å². The fourth-order valence-corrected chi connectivity index (χ4v) is 2.75. The molecular formula is C14H22ClN3O3. The van der Waals surface area contributed by atoms with Crippen molar-refractivity contribution in [2.75, 3.05) is 33.8 Å². The van der Waals surface area contributed by atoms with Crippen molar-refractivity contribution in [3.63, 3.8) is 0 Å². The second kappa shape index (κ2) is 8.17. The highest BCUT2D eigenvalue weighted by Crippen LogP contribution is 2.28. The van der Waals surface area contributed by atoms with Crippen LogP contribution in [0.2, 0.25) is 0 Å². The van der Waals surface area contributed by atoms with Crippen LogP contribution in [0.25, 0.3) is 0 Å². The molecule has 118 valence electrons.